The van der Waals surface area contributed by atoms with Gasteiger partial charge in [0.15, 0.2) is 0 Å². The summed E-state index contributed by atoms with van der Waals surface area (Å²) in [6.07, 6.45) is 0. The van der Waals surface area contributed by atoms with Crippen molar-refractivity contribution >= 4 is 21.6 Å². The van der Waals surface area contributed by atoms with E-state index in [0.29, 0.717) is 16.0 Å². The first-order valence-corrected chi connectivity index (χ1v) is 9.35. The number of rotatable bonds is 3. The number of halogens is 2. The first-order valence-electron chi connectivity index (χ1n) is 8.53. The van der Waals surface area contributed by atoms with Crippen LogP contribution in [0.4, 0.5) is 8.78 Å². The summed E-state index contributed by atoms with van der Waals surface area (Å²) in [6.45, 7) is 3.83. The summed E-state index contributed by atoms with van der Waals surface area (Å²) < 4.78 is 33.8. The molecule has 4 rings (SSSR count). The normalized spacial score (nSPS) is 11.2. The predicted octanol–water partition coefficient (Wildman–Crippen LogP) is 5.22. The number of nitrogens with zero attached hydrogens (tertiary/aromatic N) is 1. The van der Waals surface area contributed by atoms with Crippen LogP contribution in [0.5, 0.6) is 5.75 Å². The smallest absolute Gasteiger partial charge is 0.260 e. The van der Waals surface area contributed by atoms with Crippen LogP contribution in [0.25, 0.3) is 32.7 Å². The van der Waals surface area contributed by atoms with Gasteiger partial charge in [-0.15, -0.1) is 11.3 Å². The zero-order valence-electron chi connectivity index (χ0n) is 15.4. The van der Waals surface area contributed by atoms with Crippen molar-refractivity contribution in [3.05, 3.63) is 68.8 Å². The highest BCUT2D eigenvalue weighted by atomic mass is 32.1. The molecule has 0 aliphatic carbocycles. The summed E-state index contributed by atoms with van der Waals surface area (Å²) in [5.41, 5.74) is 1.72. The average molecular weight is 398 g/mol. The van der Waals surface area contributed by atoms with E-state index < -0.39 is 17.2 Å². The van der Waals surface area contributed by atoms with Gasteiger partial charge in [-0.25, -0.2) is 13.8 Å². The maximum Gasteiger partial charge on any atom is 0.260 e. The van der Waals surface area contributed by atoms with Crippen molar-refractivity contribution < 1.29 is 13.5 Å². The molecule has 2 aromatic carbocycles. The fraction of sp³-hybridized carbons (Fsp3) is 0.143. The van der Waals surface area contributed by atoms with E-state index in [4.69, 9.17) is 4.74 Å². The monoisotopic (exact) mass is 398 g/mol. The molecule has 0 amide bonds. The number of aromatic amines is 1. The molecule has 0 bridgehead atoms. The Kier molecular flexibility index (Phi) is 4.47. The van der Waals surface area contributed by atoms with Crippen molar-refractivity contribution in [1.82, 2.24) is 9.97 Å². The van der Waals surface area contributed by atoms with Crippen LogP contribution in [0, 0.1) is 25.5 Å². The molecule has 0 saturated carbocycles. The van der Waals surface area contributed by atoms with E-state index in [0.717, 1.165) is 33.7 Å². The molecular weight excluding hydrogens is 382 g/mol. The molecule has 0 unspecified atom stereocenters. The van der Waals surface area contributed by atoms with Gasteiger partial charge in [-0.2, -0.15) is 0 Å². The highest BCUT2D eigenvalue weighted by Gasteiger charge is 2.21. The molecule has 2 heterocycles. The number of aryl methyl sites for hydroxylation is 2. The Hall–Kier alpha value is -3.06. The second kappa shape index (κ2) is 6.83. The lowest BCUT2D eigenvalue weighted by Crippen LogP contribution is -2.10. The van der Waals surface area contributed by atoms with Gasteiger partial charge in [-0.05, 0) is 38.1 Å². The molecular formula is C21H16F2N2O2S. The minimum atomic E-state index is -0.781. The number of hydrogen-bond acceptors (Lipinski definition) is 4. The van der Waals surface area contributed by atoms with Crippen LogP contribution < -0.4 is 10.3 Å². The Morgan fingerprint density at radius 1 is 1.07 bits per heavy atom. The molecule has 1 N–H and O–H groups in total. The van der Waals surface area contributed by atoms with Gasteiger partial charge in [0.25, 0.3) is 5.56 Å². The highest BCUT2D eigenvalue weighted by molar-refractivity contribution is 7.19. The highest BCUT2D eigenvalue weighted by Crippen LogP contribution is 2.41. The Labute approximate surface area is 163 Å². The topological polar surface area (TPSA) is 55.0 Å². The number of methoxy groups -OCH3 is 1. The first-order chi connectivity index (χ1) is 13.4. The summed E-state index contributed by atoms with van der Waals surface area (Å²) in [4.78, 5) is 21.1. The second-order valence-corrected chi connectivity index (χ2v) is 7.63. The quantitative estimate of drug-likeness (QED) is 0.515. The molecule has 0 atom stereocenters. The van der Waals surface area contributed by atoms with Crippen molar-refractivity contribution in [2.75, 3.05) is 7.11 Å². The fourth-order valence-electron chi connectivity index (χ4n) is 3.30. The van der Waals surface area contributed by atoms with Crippen molar-refractivity contribution in [1.29, 1.82) is 0 Å². The molecule has 0 radical (unpaired) electrons. The number of thiophene rings is 1. The lowest BCUT2D eigenvalue weighted by molar-refractivity contribution is 0.416. The second-order valence-electron chi connectivity index (χ2n) is 6.43. The molecule has 4 aromatic rings. The van der Waals surface area contributed by atoms with Gasteiger partial charge >= 0.3 is 0 Å². The lowest BCUT2D eigenvalue weighted by atomic mass is 10.0. The summed E-state index contributed by atoms with van der Waals surface area (Å²) >= 11 is 1.30. The third-order valence-electron chi connectivity index (χ3n) is 4.56. The molecule has 4 nitrogen and oxygen atoms in total. The van der Waals surface area contributed by atoms with Crippen LogP contribution in [-0.4, -0.2) is 17.1 Å². The van der Waals surface area contributed by atoms with E-state index in [1.807, 2.05) is 32.0 Å². The number of benzene rings is 2. The van der Waals surface area contributed by atoms with Crippen LogP contribution >= 0.6 is 11.3 Å². The van der Waals surface area contributed by atoms with Gasteiger partial charge in [0.1, 0.15) is 28.0 Å². The predicted molar refractivity (Wildman–Crippen MR) is 107 cm³/mol. The zero-order valence-corrected chi connectivity index (χ0v) is 16.2. The van der Waals surface area contributed by atoms with Gasteiger partial charge < -0.3 is 9.72 Å². The molecule has 0 aliphatic heterocycles. The summed E-state index contributed by atoms with van der Waals surface area (Å²) in [6, 6.07) is 9.24. The standard InChI is InChI=1S/C21H16F2N2O2S/c1-10-7-8-15(27-3)12(9-10)16-11(2)28-21-18(16)20(26)24-19(25-21)17-13(22)5-4-6-14(17)23/h4-9H,1-3H3,(H,24,25,26). The van der Waals surface area contributed by atoms with E-state index in [9.17, 15) is 13.6 Å². The first kappa shape index (κ1) is 18.3. The summed E-state index contributed by atoms with van der Waals surface area (Å²) in [5, 5.41) is 0.381. The van der Waals surface area contributed by atoms with E-state index >= 15 is 0 Å². The summed E-state index contributed by atoms with van der Waals surface area (Å²) in [5.74, 6) is -1.05. The molecule has 7 heteroatoms. The molecule has 0 spiro atoms. The molecule has 0 aliphatic rings. The maximum absolute atomic E-state index is 14.1. The largest absolute Gasteiger partial charge is 0.496 e. The number of ether oxygens (including phenoxy) is 1. The number of fused-ring (bicyclic) bond motifs is 1. The third-order valence-corrected chi connectivity index (χ3v) is 5.56. The molecule has 2 aromatic heterocycles. The molecule has 142 valence electrons. The third kappa shape index (κ3) is 2.88. The van der Waals surface area contributed by atoms with Gasteiger partial charge in [0.2, 0.25) is 0 Å². The van der Waals surface area contributed by atoms with Crippen molar-refractivity contribution in [2.24, 2.45) is 0 Å². The Morgan fingerprint density at radius 3 is 2.46 bits per heavy atom. The lowest BCUT2D eigenvalue weighted by Gasteiger charge is -2.10. The average Bonchev–Trinajstić information content (AvgIpc) is 2.98. The van der Waals surface area contributed by atoms with Crippen LogP contribution in [0.2, 0.25) is 0 Å². The Balaban J connectivity index is 2.02. The van der Waals surface area contributed by atoms with Crippen LogP contribution in [-0.2, 0) is 0 Å². The zero-order chi connectivity index (χ0) is 20.0. The van der Waals surface area contributed by atoms with E-state index in [1.165, 1.54) is 17.4 Å². The van der Waals surface area contributed by atoms with E-state index in [-0.39, 0.29) is 11.4 Å². The van der Waals surface area contributed by atoms with Crippen molar-refractivity contribution in [3.63, 3.8) is 0 Å². The number of hydrogen-bond donors (Lipinski definition) is 1. The molecule has 0 saturated heterocycles. The van der Waals surface area contributed by atoms with E-state index in [2.05, 4.69) is 9.97 Å². The van der Waals surface area contributed by atoms with Crippen LogP contribution in [0.15, 0.2) is 41.2 Å². The Bertz CT molecular complexity index is 1260. The van der Waals surface area contributed by atoms with Crippen LogP contribution in [0.1, 0.15) is 10.4 Å². The van der Waals surface area contributed by atoms with Crippen molar-refractivity contribution in [3.8, 4) is 28.3 Å². The maximum atomic E-state index is 14.1. The summed E-state index contributed by atoms with van der Waals surface area (Å²) in [7, 11) is 1.57. The van der Waals surface area contributed by atoms with Gasteiger partial charge in [0.05, 0.1) is 18.1 Å². The SMILES string of the molecule is COc1ccc(C)cc1-c1c(C)sc2nc(-c3c(F)cccc3F)[nH]c(=O)c12. The van der Waals surface area contributed by atoms with Gasteiger partial charge in [-0.3, -0.25) is 4.79 Å². The van der Waals surface area contributed by atoms with E-state index in [1.54, 1.807) is 7.11 Å². The number of aromatic nitrogens is 2. The van der Waals surface area contributed by atoms with Crippen LogP contribution in [0.3, 0.4) is 0 Å². The van der Waals surface area contributed by atoms with Crippen molar-refractivity contribution in [2.45, 2.75) is 13.8 Å². The number of H-pyrrole nitrogens is 1. The minimum Gasteiger partial charge on any atom is -0.496 e. The van der Waals surface area contributed by atoms with Gasteiger partial charge in [0, 0.05) is 16.0 Å². The Morgan fingerprint density at radius 2 is 1.79 bits per heavy atom. The molecule has 0 fully saturated rings. The molecule has 28 heavy (non-hydrogen) atoms. The van der Waals surface area contributed by atoms with Gasteiger partial charge in [-0.1, -0.05) is 17.7 Å². The fourth-order valence-corrected chi connectivity index (χ4v) is 4.34. The minimum absolute atomic E-state index is 0.128. The number of nitrogens with one attached hydrogen (secondary N) is 1.